The maximum Gasteiger partial charge on any atom is 0.0760 e. The number of allylic oxidation sites excluding steroid dienone is 3. The van der Waals surface area contributed by atoms with Crippen molar-refractivity contribution in [3.8, 4) is 0 Å². The van der Waals surface area contributed by atoms with Crippen molar-refractivity contribution in [3.63, 3.8) is 0 Å². The molecule has 0 saturated carbocycles. The van der Waals surface area contributed by atoms with E-state index < -0.39 is 0 Å². The first-order valence-electron chi connectivity index (χ1n) is 12.2. The maximum atomic E-state index is 6.15. The summed E-state index contributed by atoms with van der Waals surface area (Å²) in [5.74, 6) is 0.454. The molecule has 2 heterocycles. The molecule has 0 fully saturated rings. The van der Waals surface area contributed by atoms with Crippen LogP contribution in [0.5, 0.6) is 0 Å². The average Bonchev–Trinajstić information content (AvgIpc) is 3.17. The van der Waals surface area contributed by atoms with E-state index in [1.54, 1.807) is 0 Å². The predicted molar refractivity (Wildman–Crippen MR) is 137 cm³/mol. The Kier molecular flexibility index (Phi) is 5.82. The van der Waals surface area contributed by atoms with Crippen LogP contribution in [0.3, 0.4) is 0 Å². The van der Waals surface area contributed by atoms with Crippen molar-refractivity contribution >= 4 is 22.3 Å². The Bertz CT molecular complexity index is 1150. The fourth-order valence-corrected chi connectivity index (χ4v) is 5.49. The minimum absolute atomic E-state index is 0.305. The lowest BCUT2D eigenvalue weighted by atomic mass is 9.82. The van der Waals surface area contributed by atoms with E-state index in [1.807, 2.05) is 6.07 Å². The number of H-pyrrole nitrogens is 1. The van der Waals surface area contributed by atoms with Crippen LogP contribution >= 0.6 is 0 Å². The van der Waals surface area contributed by atoms with Crippen LogP contribution in [0.4, 0.5) is 11.4 Å². The number of aryl methyl sites for hydroxylation is 1. The first-order valence-corrected chi connectivity index (χ1v) is 12.2. The summed E-state index contributed by atoms with van der Waals surface area (Å²) in [5.41, 5.74) is 15.1. The van der Waals surface area contributed by atoms with Crippen LogP contribution in [0.25, 0.3) is 10.9 Å². The number of fused-ring (bicyclic) bond motifs is 3. The van der Waals surface area contributed by atoms with Crippen LogP contribution in [0, 0.1) is 12.8 Å². The van der Waals surface area contributed by atoms with Crippen molar-refractivity contribution in [2.45, 2.75) is 58.4 Å². The van der Waals surface area contributed by atoms with Crippen molar-refractivity contribution in [2.75, 3.05) is 17.2 Å². The van der Waals surface area contributed by atoms with Crippen molar-refractivity contribution in [1.82, 2.24) is 4.98 Å². The second kappa shape index (κ2) is 8.90. The number of aromatic nitrogens is 1. The van der Waals surface area contributed by atoms with Gasteiger partial charge in [-0.15, -0.1) is 0 Å². The number of anilines is 2. The number of unbranched alkanes of at least 4 members (excludes halogenated alkanes) is 2. The van der Waals surface area contributed by atoms with E-state index in [-0.39, 0.29) is 0 Å². The highest BCUT2D eigenvalue weighted by Gasteiger charge is 2.35. The average molecular weight is 426 g/mol. The summed E-state index contributed by atoms with van der Waals surface area (Å²) < 4.78 is 0. The molecule has 166 valence electrons. The van der Waals surface area contributed by atoms with Crippen molar-refractivity contribution in [2.24, 2.45) is 5.92 Å². The second-order valence-corrected chi connectivity index (χ2v) is 9.54. The molecule has 1 aliphatic carbocycles. The fraction of sp³-hybridized carbons (Fsp3) is 0.379. The Balaban J connectivity index is 1.51. The Morgan fingerprint density at radius 3 is 2.69 bits per heavy atom. The fourth-order valence-electron chi connectivity index (χ4n) is 5.49. The SMILES string of the molecule is CCCCCC1=CCC(C2c3[nH]c4ccc(N)cc4c3CCN2c2ccc(C)cc2)C=C1. The van der Waals surface area contributed by atoms with Gasteiger partial charge in [-0.1, -0.05) is 61.3 Å². The van der Waals surface area contributed by atoms with Crippen LogP contribution in [-0.4, -0.2) is 11.5 Å². The van der Waals surface area contributed by atoms with Gasteiger partial charge in [0.1, 0.15) is 0 Å². The van der Waals surface area contributed by atoms with Gasteiger partial charge in [-0.05, 0) is 68.5 Å². The van der Waals surface area contributed by atoms with Gasteiger partial charge in [-0.25, -0.2) is 0 Å². The molecule has 3 nitrogen and oxygen atoms in total. The van der Waals surface area contributed by atoms with Crippen molar-refractivity contribution < 1.29 is 0 Å². The number of benzene rings is 2. The molecule has 1 aliphatic heterocycles. The molecule has 0 saturated heterocycles. The topological polar surface area (TPSA) is 45.1 Å². The Morgan fingerprint density at radius 1 is 1.09 bits per heavy atom. The molecule has 2 aromatic carbocycles. The van der Waals surface area contributed by atoms with Gasteiger partial charge < -0.3 is 15.6 Å². The summed E-state index contributed by atoms with van der Waals surface area (Å²) in [6.07, 6.45) is 14.6. The summed E-state index contributed by atoms with van der Waals surface area (Å²) >= 11 is 0. The molecular weight excluding hydrogens is 390 g/mol. The Hall–Kier alpha value is -2.94. The summed E-state index contributed by atoms with van der Waals surface area (Å²) in [6, 6.07) is 15.6. The monoisotopic (exact) mass is 425 g/mol. The number of nitrogen functional groups attached to an aromatic ring is 1. The molecular formula is C29H35N3. The Morgan fingerprint density at radius 2 is 1.94 bits per heavy atom. The zero-order valence-corrected chi connectivity index (χ0v) is 19.4. The molecule has 2 atom stereocenters. The molecule has 3 aromatic rings. The number of hydrogen-bond donors (Lipinski definition) is 2. The van der Waals surface area contributed by atoms with Crippen molar-refractivity contribution in [3.05, 3.63) is 83.1 Å². The lowest BCUT2D eigenvalue weighted by molar-refractivity contribution is 0.450. The van der Waals surface area contributed by atoms with E-state index in [2.05, 4.69) is 78.4 Å². The molecule has 2 unspecified atom stereocenters. The maximum absolute atomic E-state index is 6.15. The molecule has 0 spiro atoms. The number of aromatic amines is 1. The number of nitrogens with one attached hydrogen (secondary N) is 1. The molecule has 2 aliphatic rings. The van der Waals surface area contributed by atoms with Gasteiger partial charge in [0, 0.05) is 40.4 Å². The molecule has 3 N–H and O–H groups in total. The van der Waals surface area contributed by atoms with Gasteiger partial charge in [0.15, 0.2) is 0 Å². The normalized spacial score (nSPS) is 20.4. The summed E-state index contributed by atoms with van der Waals surface area (Å²) in [4.78, 5) is 6.42. The highest BCUT2D eigenvalue weighted by molar-refractivity contribution is 5.88. The third-order valence-corrected chi connectivity index (χ3v) is 7.25. The third kappa shape index (κ3) is 3.97. The number of hydrogen-bond acceptors (Lipinski definition) is 2. The quantitative estimate of drug-likeness (QED) is 0.323. The second-order valence-electron chi connectivity index (χ2n) is 9.54. The zero-order valence-electron chi connectivity index (χ0n) is 19.4. The van der Waals surface area contributed by atoms with Gasteiger partial charge in [-0.2, -0.15) is 0 Å². The molecule has 0 amide bonds. The predicted octanol–water partition coefficient (Wildman–Crippen LogP) is 7.25. The molecule has 32 heavy (non-hydrogen) atoms. The largest absolute Gasteiger partial charge is 0.399 e. The van der Waals surface area contributed by atoms with E-state index in [0.29, 0.717) is 12.0 Å². The molecule has 1 aromatic heterocycles. The number of nitrogens with zero attached hydrogens (tertiary/aromatic N) is 1. The van der Waals surface area contributed by atoms with E-state index in [4.69, 9.17) is 5.73 Å². The van der Waals surface area contributed by atoms with Crippen molar-refractivity contribution in [1.29, 1.82) is 0 Å². The van der Waals surface area contributed by atoms with E-state index >= 15 is 0 Å². The van der Waals surface area contributed by atoms with E-state index in [1.165, 1.54) is 64.7 Å². The van der Waals surface area contributed by atoms with Gasteiger partial charge in [-0.3, -0.25) is 0 Å². The molecule has 0 radical (unpaired) electrons. The standard InChI is InChI=1S/C29H35N3/c1-3-4-5-6-21-9-11-22(12-10-21)29-28-25(26-19-23(30)13-16-27(26)31-28)17-18-32(29)24-14-7-20(2)8-15-24/h7-11,13-16,19,22,29,31H,3-6,12,17-18,30H2,1-2H3. The van der Waals surface area contributed by atoms with Gasteiger partial charge >= 0.3 is 0 Å². The van der Waals surface area contributed by atoms with Crippen LogP contribution in [-0.2, 0) is 6.42 Å². The molecule has 3 heteroatoms. The first kappa shape index (κ1) is 20.9. The van der Waals surface area contributed by atoms with Crippen LogP contribution < -0.4 is 10.6 Å². The molecule has 5 rings (SSSR count). The number of nitrogens with two attached hydrogens (primary N) is 1. The van der Waals surface area contributed by atoms with Gasteiger partial charge in [0.25, 0.3) is 0 Å². The Labute approximate surface area is 192 Å². The van der Waals surface area contributed by atoms with Gasteiger partial charge in [0.05, 0.1) is 6.04 Å². The smallest absolute Gasteiger partial charge is 0.0760 e. The van der Waals surface area contributed by atoms with Crippen LogP contribution in [0.2, 0.25) is 0 Å². The van der Waals surface area contributed by atoms with Gasteiger partial charge in [0.2, 0.25) is 0 Å². The lowest BCUT2D eigenvalue weighted by Gasteiger charge is -2.41. The lowest BCUT2D eigenvalue weighted by Crippen LogP contribution is -2.39. The third-order valence-electron chi connectivity index (χ3n) is 7.25. The zero-order chi connectivity index (χ0) is 22.1. The van der Waals surface area contributed by atoms with E-state index in [0.717, 1.165) is 25.1 Å². The van der Waals surface area contributed by atoms with Crippen LogP contribution in [0.15, 0.2) is 66.3 Å². The summed E-state index contributed by atoms with van der Waals surface area (Å²) in [6.45, 7) is 5.46. The van der Waals surface area contributed by atoms with Crippen LogP contribution in [0.1, 0.15) is 61.9 Å². The number of rotatable bonds is 6. The summed E-state index contributed by atoms with van der Waals surface area (Å²) in [7, 11) is 0. The first-order chi connectivity index (χ1) is 15.6. The van der Waals surface area contributed by atoms with E-state index in [9.17, 15) is 0 Å². The minimum atomic E-state index is 0.305. The highest BCUT2D eigenvalue weighted by atomic mass is 15.2. The minimum Gasteiger partial charge on any atom is -0.399 e. The highest BCUT2D eigenvalue weighted by Crippen LogP contribution is 2.44. The molecule has 0 bridgehead atoms. The summed E-state index contributed by atoms with van der Waals surface area (Å²) in [5, 5.41) is 1.30.